The van der Waals surface area contributed by atoms with Gasteiger partial charge in [0.15, 0.2) is 12.4 Å². The summed E-state index contributed by atoms with van der Waals surface area (Å²) >= 11 is 0. The van der Waals surface area contributed by atoms with Crippen LogP contribution in [0.4, 0.5) is 0 Å². The Kier molecular flexibility index (Phi) is 8.37. The number of hydrogen-bond donors (Lipinski definition) is 1. The Morgan fingerprint density at radius 1 is 1.42 bits per heavy atom. The minimum absolute atomic E-state index is 0. The molecule has 1 heterocycles. The van der Waals surface area contributed by atoms with Crippen LogP contribution in [0.2, 0.25) is 0 Å². The van der Waals surface area contributed by atoms with Gasteiger partial charge in [-0.25, -0.2) is 0 Å². The van der Waals surface area contributed by atoms with Gasteiger partial charge in [0.25, 0.3) is 0 Å². The monoisotopic (exact) mass is 210 g/mol. The molecule has 1 aromatic rings. The topological polar surface area (TPSA) is 53.0 Å². The lowest BCUT2D eigenvalue weighted by Gasteiger charge is -1.97. The van der Waals surface area contributed by atoms with E-state index in [-0.39, 0.29) is 24.8 Å². The molecule has 5 heteroatoms. The zero-order chi connectivity index (χ0) is 7.40. The Morgan fingerprint density at radius 3 is 2.58 bits per heavy atom. The molecular weight excluding hydrogens is 199 g/mol. The number of hydrogen-bond acceptors (Lipinski definition) is 2. The summed E-state index contributed by atoms with van der Waals surface area (Å²) in [7, 11) is 0. The molecule has 2 N–H and O–H groups in total. The first-order valence-electron chi connectivity index (χ1n) is 3.20. The van der Waals surface area contributed by atoms with Gasteiger partial charge >= 0.3 is 0 Å². The molecule has 0 amide bonds. The van der Waals surface area contributed by atoms with E-state index in [1.807, 2.05) is 6.07 Å². The highest BCUT2D eigenvalue weighted by atomic mass is 35.5. The summed E-state index contributed by atoms with van der Waals surface area (Å²) in [5.41, 5.74) is 6.29. The molecule has 70 valence electrons. The third-order valence-corrected chi connectivity index (χ3v) is 1.27. The molecule has 0 saturated carbocycles. The largest absolute Gasteiger partial charge is 0.619 e. The number of nitrogens with two attached hydrogens (primary N) is 1. The van der Waals surface area contributed by atoms with Crippen molar-refractivity contribution in [3.8, 4) is 0 Å². The van der Waals surface area contributed by atoms with Crippen molar-refractivity contribution in [3.05, 3.63) is 35.3 Å². The van der Waals surface area contributed by atoms with Crippen LogP contribution in [0.5, 0.6) is 0 Å². The standard InChI is InChI=1S/C7H10N2O.2ClH/c8-4-3-7-2-1-5-9(10)6-7;;/h1-2,5-6H,3-4,8H2;2*1H. The normalized spacial score (nSPS) is 8.08. The van der Waals surface area contributed by atoms with E-state index in [1.54, 1.807) is 6.07 Å². The third kappa shape index (κ3) is 4.38. The lowest BCUT2D eigenvalue weighted by Crippen LogP contribution is -2.25. The summed E-state index contributed by atoms with van der Waals surface area (Å²) in [5, 5.41) is 10.6. The highest BCUT2D eigenvalue weighted by molar-refractivity contribution is 5.85. The van der Waals surface area contributed by atoms with E-state index in [4.69, 9.17) is 5.73 Å². The SMILES string of the molecule is Cl.Cl.NCCc1ccc[n+]([O-])c1. The van der Waals surface area contributed by atoms with Crippen LogP contribution in [-0.4, -0.2) is 6.54 Å². The van der Waals surface area contributed by atoms with Crippen molar-refractivity contribution in [2.45, 2.75) is 6.42 Å². The van der Waals surface area contributed by atoms with Crippen LogP contribution in [0.15, 0.2) is 24.5 Å². The van der Waals surface area contributed by atoms with Crippen LogP contribution in [0.1, 0.15) is 5.56 Å². The van der Waals surface area contributed by atoms with E-state index in [1.165, 1.54) is 12.4 Å². The molecule has 12 heavy (non-hydrogen) atoms. The van der Waals surface area contributed by atoms with E-state index in [0.717, 1.165) is 16.7 Å². The number of nitrogens with zero attached hydrogens (tertiary/aromatic N) is 1. The average molecular weight is 211 g/mol. The van der Waals surface area contributed by atoms with Gasteiger partial charge < -0.3 is 10.9 Å². The van der Waals surface area contributed by atoms with Crippen molar-refractivity contribution < 1.29 is 4.73 Å². The van der Waals surface area contributed by atoms with Gasteiger partial charge in [0, 0.05) is 11.6 Å². The first kappa shape index (κ1) is 14.0. The molecule has 0 atom stereocenters. The fourth-order valence-electron chi connectivity index (χ4n) is 0.816. The molecule has 0 saturated heterocycles. The van der Waals surface area contributed by atoms with Crippen LogP contribution < -0.4 is 10.5 Å². The Labute approximate surface area is 84.0 Å². The van der Waals surface area contributed by atoms with Crippen molar-refractivity contribution >= 4 is 24.8 Å². The van der Waals surface area contributed by atoms with Crippen LogP contribution >= 0.6 is 24.8 Å². The first-order chi connectivity index (χ1) is 4.83. The summed E-state index contributed by atoms with van der Waals surface area (Å²) in [4.78, 5) is 0. The summed E-state index contributed by atoms with van der Waals surface area (Å²) in [6.45, 7) is 0.587. The summed E-state index contributed by atoms with van der Waals surface area (Å²) in [5.74, 6) is 0. The molecule has 3 nitrogen and oxygen atoms in total. The summed E-state index contributed by atoms with van der Waals surface area (Å²) < 4.78 is 0.783. The van der Waals surface area contributed by atoms with Gasteiger partial charge in [0.05, 0.1) is 0 Å². The highest BCUT2D eigenvalue weighted by Gasteiger charge is 1.93. The molecular formula is C7H12Cl2N2O. The Morgan fingerprint density at radius 2 is 2.08 bits per heavy atom. The second-order valence-electron chi connectivity index (χ2n) is 2.11. The van der Waals surface area contributed by atoms with Gasteiger partial charge in [-0.05, 0) is 19.0 Å². The second-order valence-corrected chi connectivity index (χ2v) is 2.11. The maximum Gasteiger partial charge on any atom is 0.183 e. The fraction of sp³-hybridized carbons (Fsp3) is 0.286. The average Bonchev–Trinajstić information content (AvgIpc) is 1.88. The molecule has 0 aliphatic rings. The van der Waals surface area contributed by atoms with Crippen molar-refractivity contribution in [2.24, 2.45) is 5.73 Å². The molecule has 0 aliphatic heterocycles. The molecule has 0 aromatic carbocycles. The summed E-state index contributed by atoms with van der Waals surface area (Å²) in [6.07, 6.45) is 3.76. The smallest absolute Gasteiger partial charge is 0.183 e. The Hall–Kier alpha value is -0.510. The van der Waals surface area contributed by atoms with Gasteiger partial charge in [0.1, 0.15) is 0 Å². The van der Waals surface area contributed by atoms with Crippen LogP contribution in [-0.2, 0) is 6.42 Å². The molecule has 0 aliphatic carbocycles. The molecule has 0 bridgehead atoms. The second kappa shape index (κ2) is 7.16. The lowest BCUT2D eigenvalue weighted by atomic mass is 10.2. The molecule has 1 aromatic heterocycles. The van der Waals surface area contributed by atoms with E-state index in [0.29, 0.717) is 6.54 Å². The molecule has 0 radical (unpaired) electrons. The predicted octanol–water partition coefficient (Wildman–Crippen LogP) is 0.665. The van der Waals surface area contributed by atoms with Crippen molar-refractivity contribution in [1.82, 2.24) is 0 Å². The van der Waals surface area contributed by atoms with E-state index >= 15 is 0 Å². The predicted molar refractivity (Wildman–Crippen MR) is 52.7 cm³/mol. The van der Waals surface area contributed by atoms with Gasteiger partial charge in [-0.15, -0.1) is 24.8 Å². The van der Waals surface area contributed by atoms with Gasteiger partial charge in [-0.3, -0.25) is 0 Å². The Bertz CT molecular complexity index is 220. The van der Waals surface area contributed by atoms with Crippen molar-refractivity contribution in [3.63, 3.8) is 0 Å². The van der Waals surface area contributed by atoms with Gasteiger partial charge in [0.2, 0.25) is 0 Å². The fourth-order valence-corrected chi connectivity index (χ4v) is 0.816. The van der Waals surface area contributed by atoms with Gasteiger partial charge in [-0.1, -0.05) is 0 Å². The molecule has 0 unspecified atom stereocenters. The number of pyridine rings is 1. The lowest BCUT2D eigenvalue weighted by molar-refractivity contribution is -0.605. The molecule has 0 fully saturated rings. The van der Waals surface area contributed by atoms with E-state index < -0.39 is 0 Å². The zero-order valence-electron chi connectivity index (χ0n) is 6.47. The van der Waals surface area contributed by atoms with Crippen LogP contribution in [0.3, 0.4) is 0 Å². The van der Waals surface area contributed by atoms with Crippen molar-refractivity contribution in [2.75, 3.05) is 6.54 Å². The van der Waals surface area contributed by atoms with Crippen molar-refractivity contribution in [1.29, 1.82) is 0 Å². The summed E-state index contributed by atoms with van der Waals surface area (Å²) in [6, 6.07) is 3.61. The number of rotatable bonds is 2. The maximum atomic E-state index is 10.6. The molecule has 0 spiro atoms. The van der Waals surface area contributed by atoms with Crippen LogP contribution in [0, 0.1) is 5.21 Å². The highest BCUT2D eigenvalue weighted by Crippen LogP contribution is 1.92. The maximum absolute atomic E-state index is 10.6. The van der Waals surface area contributed by atoms with E-state index in [2.05, 4.69) is 0 Å². The minimum Gasteiger partial charge on any atom is -0.619 e. The minimum atomic E-state index is 0. The number of aromatic nitrogens is 1. The van der Waals surface area contributed by atoms with Gasteiger partial charge in [-0.2, -0.15) is 4.73 Å². The quantitative estimate of drug-likeness (QED) is 0.577. The molecule has 1 rings (SSSR count). The number of halogens is 2. The zero-order valence-corrected chi connectivity index (χ0v) is 8.11. The van der Waals surface area contributed by atoms with E-state index in [9.17, 15) is 5.21 Å². The van der Waals surface area contributed by atoms with Crippen LogP contribution in [0.25, 0.3) is 0 Å². The Balaban J connectivity index is 0. The first-order valence-corrected chi connectivity index (χ1v) is 3.20. The third-order valence-electron chi connectivity index (χ3n) is 1.27.